The SMILES string of the molecule is CC(N)(C#N)CC=S. The van der Waals surface area contributed by atoms with Gasteiger partial charge in [-0.15, -0.1) is 0 Å². The van der Waals surface area contributed by atoms with E-state index in [1.54, 1.807) is 6.92 Å². The third kappa shape index (κ3) is 2.67. The van der Waals surface area contributed by atoms with Crippen LogP contribution in [0.1, 0.15) is 13.3 Å². The van der Waals surface area contributed by atoms with Crippen molar-refractivity contribution in [1.82, 2.24) is 0 Å². The Morgan fingerprint density at radius 2 is 2.50 bits per heavy atom. The van der Waals surface area contributed by atoms with E-state index in [2.05, 4.69) is 12.2 Å². The zero-order chi connectivity index (χ0) is 6.62. The normalized spacial score (nSPS) is 16.1. The molecule has 0 aromatic rings. The van der Waals surface area contributed by atoms with Gasteiger partial charge in [0, 0.05) is 6.42 Å². The Hall–Kier alpha value is -0.460. The van der Waals surface area contributed by atoms with Crippen molar-refractivity contribution >= 4 is 17.6 Å². The summed E-state index contributed by atoms with van der Waals surface area (Å²) in [4.78, 5) is 0. The average Bonchev–Trinajstić information content (AvgIpc) is 1.67. The Balaban J connectivity index is 3.76. The van der Waals surface area contributed by atoms with E-state index in [0.717, 1.165) is 0 Å². The number of thiocarbonyl (C=S) groups is 1. The highest BCUT2D eigenvalue weighted by atomic mass is 32.1. The van der Waals surface area contributed by atoms with Gasteiger partial charge in [0.2, 0.25) is 0 Å². The summed E-state index contributed by atoms with van der Waals surface area (Å²) in [5, 5.41) is 9.76. The molecule has 8 heavy (non-hydrogen) atoms. The first-order chi connectivity index (χ1) is 3.62. The molecule has 2 N–H and O–H groups in total. The zero-order valence-electron chi connectivity index (χ0n) is 4.72. The number of hydrogen-bond acceptors (Lipinski definition) is 3. The molecule has 1 unspecified atom stereocenters. The second-order valence-electron chi connectivity index (χ2n) is 1.90. The van der Waals surface area contributed by atoms with E-state index in [1.165, 1.54) is 5.37 Å². The molecule has 0 saturated heterocycles. The van der Waals surface area contributed by atoms with Crippen LogP contribution in [-0.2, 0) is 0 Å². The Bertz CT molecular complexity index is 123. The maximum absolute atomic E-state index is 8.28. The van der Waals surface area contributed by atoms with Crippen LogP contribution >= 0.6 is 12.2 Å². The highest BCUT2D eigenvalue weighted by Crippen LogP contribution is 1.99. The lowest BCUT2D eigenvalue weighted by molar-refractivity contribution is 0.634. The van der Waals surface area contributed by atoms with Gasteiger partial charge in [0.15, 0.2) is 0 Å². The third-order valence-electron chi connectivity index (χ3n) is 0.763. The van der Waals surface area contributed by atoms with Crippen molar-refractivity contribution in [3.8, 4) is 6.07 Å². The largest absolute Gasteiger partial charge is 0.313 e. The number of nitrogens with zero attached hydrogens (tertiary/aromatic N) is 1. The lowest BCUT2D eigenvalue weighted by atomic mass is 10.0. The first-order valence-electron chi connectivity index (χ1n) is 2.26. The summed E-state index contributed by atoms with van der Waals surface area (Å²) in [6.07, 6.45) is 0.471. The molecule has 0 aromatic carbocycles. The summed E-state index contributed by atoms with van der Waals surface area (Å²) in [6, 6.07) is 1.92. The fourth-order valence-electron chi connectivity index (χ4n) is 0.219. The topological polar surface area (TPSA) is 49.8 Å². The van der Waals surface area contributed by atoms with Crippen LogP contribution < -0.4 is 5.73 Å². The molecule has 0 spiro atoms. The summed E-state index contributed by atoms with van der Waals surface area (Å²) < 4.78 is 0. The number of nitriles is 1. The second-order valence-corrected chi connectivity index (χ2v) is 2.23. The lowest BCUT2D eigenvalue weighted by Gasteiger charge is -2.09. The van der Waals surface area contributed by atoms with Crippen molar-refractivity contribution in [1.29, 1.82) is 5.26 Å². The van der Waals surface area contributed by atoms with E-state index in [1.807, 2.05) is 6.07 Å². The molecule has 1 atom stereocenters. The second kappa shape index (κ2) is 2.75. The monoisotopic (exact) mass is 128 g/mol. The molecule has 0 aliphatic rings. The van der Waals surface area contributed by atoms with Gasteiger partial charge < -0.3 is 5.73 Å². The van der Waals surface area contributed by atoms with Crippen LogP contribution in [0, 0.1) is 11.3 Å². The van der Waals surface area contributed by atoms with Gasteiger partial charge in [0.05, 0.1) is 6.07 Å². The molecule has 0 fully saturated rings. The van der Waals surface area contributed by atoms with E-state index in [0.29, 0.717) is 6.42 Å². The van der Waals surface area contributed by atoms with Crippen LogP contribution in [-0.4, -0.2) is 10.9 Å². The van der Waals surface area contributed by atoms with Gasteiger partial charge in [-0.05, 0) is 12.3 Å². The number of hydrogen-bond donors (Lipinski definition) is 1. The van der Waals surface area contributed by atoms with E-state index >= 15 is 0 Å². The van der Waals surface area contributed by atoms with Crippen molar-refractivity contribution in [3.63, 3.8) is 0 Å². The van der Waals surface area contributed by atoms with Gasteiger partial charge in [-0.3, -0.25) is 0 Å². The minimum Gasteiger partial charge on any atom is -0.313 e. The van der Waals surface area contributed by atoms with E-state index in [-0.39, 0.29) is 0 Å². The molecule has 44 valence electrons. The molecule has 2 nitrogen and oxygen atoms in total. The number of nitrogens with two attached hydrogens (primary N) is 1. The Morgan fingerprint density at radius 3 is 2.62 bits per heavy atom. The van der Waals surface area contributed by atoms with Crippen molar-refractivity contribution < 1.29 is 0 Å². The number of rotatable bonds is 2. The first-order valence-corrected chi connectivity index (χ1v) is 2.73. The molecule has 0 saturated carbocycles. The van der Waals surface area contributed by atoms with Crippen LogP contribution in [0.5, 0.6) is 0 Å². The fourth-order valence-corrected chi connectivity index (χ4v) is 0.565. The molecule has 0 radical (unpaired) electrons. The molecular weight excluding hydrogens is 120 g/mol. The van der Waals surface area contributed by atoms with E-state index in [4.69, 9.17) is 11.0 Å². The third-order valence-corrected chi connectivity index (χ3v) is 0.929. The Kier molecular flexibility index (Phi) is 2.59. The minimum atomic E-state index is -0.762. The van der Waals surface area contributed by atoms with Gasteiger partial charge in [0.25, 0.3) is 0 Å². The molecular formula is C5H8N2S. The van der Waals surface area contributed by atoms with E-state index < -0.39 is 5.54 Å². The van der Waals surface area contributed by atoms with Gasteiger partial charge >= 0.3 is 0 Å². The van der Waals surface area contributed by atoms with Gasteiger partial charge in [-0.25, -0.2) is 0 Å². The first kappa shape index (κ1) is 7.54. The van der Waals surface area contributed by atoms with Crippen molar-refractivity contribution in [3.05, 3.63) is 0 Å². The molecule has 3 heteroatoms. The maximum atomic E-state index is 8.28. The average molecular weight is 128 g/mol. The van der Waals surface area contributed by atoms with Crippen LogP contribution in [0.15, 0.2) is 0 Å². The minimum absolute atomic E-state index is 0.471. The molecule has 0 aliphatic carbocycles. The predicted molar refractivity (Wildman–Crippen MR) is 36.5 cm³/mol. The van der Waals surface area contributed by atoms with Crippen LogP contribution in [0.2, 0.25) is 0 Å². The van der Waals surface area contributed by atoms with Crippen molar-refractivity contribution in [2.45, 2.75) is 18.9 Å². The Labute approximate surface area is 54.3 Å². The molecule has 0 bridgehead atoms. The quantitative estimate of drug-likeness (QED) is 0.554. The summed E-state index contributed by atoms with van der Waals surface area (Å²) in [5.41, 5.74) is 4.61. The summed E-state index contributed by atoms with van der Waals surface area (Å²) in [7, 11) is 0. The molecule has 0 rings (SSSR count). The van der Waals surface area contributed by atoms with Crippen LogP contribution in [0.3, 0.4) is 0 Å². The maximum Gasteiger partial charge on any atom is 0.105 e. The van der Waals surface area contributed by atoms with Gasteiger partial charge in [0.1, 0.15) is 5.54 Å². The van der Waals surface area contributed by atoms with Crippen LogP contribution in [0.25, 0.3) is 0 Å². The highest BCUT2D eigenvalue weighted by molar-refractivity contribution is 7.78. The highest BCUT2D eigenvalue weighted by Gasteiger charge is 2.13. The summed E-state index contributed by atoms with van der Waals surface area (Å²) in [5.74, 6) is 0. The van der Waals surface area contributed by atoms with E-state index in [9.17, 15) is 0 Å². The Morgan fingerprint density at radius 1 is 2.00 bits per heavy atom. The van der Waals surface area contributed by atoms with Gasteiger partial charge in [-0.1, -0.05) is 12.2 Å². The summed E-state index contributed by atoms with van der Waals surface area (Å²) in [6.45, 7) is 1.65. The smallest absolute Gasteiger partial charge is 0.105 e. The predicted octanol–water partition coefficient (Wildman–Crippen LogP) is 0.617. The van der Waals surface area contributed by atoms with Crippen molar-refractivity contribution in [2.75, 3.05) is 0 Å². The lowest BCUT2D eigenvalue weighted by Crippen LogP contribution is -2.33. The fraction of sp³-hybridized carbons (Fsp3) is 0.600. The summed E-state index contributed by atoms with van der Waals surface area (Å²) >= 11 is 4.51. The molecule has 0 aliphatic heterocycles. The molecule has 0 amide bonds. The van der Waals surface area contributed by atoms with Gasteiger partial charge in [-0.2, -0.15) is 5.26 Å². The van der Waals surface area contributed by atoms with Crippen LogP contribution in [0.4, 0.5) is 0 Å². The molecule has 0 heterocycles. The standard InChI is InChI=1S/C5H8N2S/c1-5(7,4-6)2-3-8/h3H,2,7H2,1H3. The molecule has 0 aromatic heterocycles. The zero-order valence-corrected chi connectivity index (χ0v) is 5.53. The van der Waals surface area contributed by atoms with Crippen molar-refractivity contribution in [2.24, 2.45) is 5.73 Å².